The summed E-state index contributed by atoms with van der Waals surface area (Å²) in [5.41, 5.74) is 1.01. The maximum Gasteiger partial charge on any atom is 0.123 e. The van der Waals surface area contributed by atoms with Crippen LogP contribution in [0.25, 0.3) is 0 Å². The van der Waals surface area contributed by atoms with E-state index in [0.29, 0.717) is 5.92 Å². The summed E-state index contributed by atoms with van der Waals surface area (Å²) < 4.78 is 13.0. The Morgan fingerprint density at radius 2 is 2.31 bits per heavy atom. The van der Waals surface area contributed by atoms with Crippen LogP contribution in [0.4, 0.5) is 4.39 Å². The predicted molar refractivity (Wildman–Crippen MR) is 61.5 cm³/mol. The number of rotatable bonds is 3. The number of hydrogen-bond acceptors (Lipinski definition) is 2. The molecule has 2 nitrogen and oxygen atoms in total. The van der Waals surface area contributed by atoms with Crippen molar-refractivity contribution in [1.82, 2.24) is 4.90 Å². The molecule has 0 spiro atoms. The van der Waals surface area contributed by atoms with Gasteiger partial charge in [0.2, 0.25) is 0 Å². The summed E-state index contributed by atoms with van der Waals surface area (Å²) in [6.45, 7) is 3.02. The van der Waals surface area contributed by atoms with Gasteiger partial charge in [0.05, 0.1) is 0 Å². The van der Waals surface area contributed by atoms with Gasteiger partial charge in [0.15, 0.2) is 0 Å². The van der Waals surface area contributed by atoms with Crippen LogP contribution in [0, 0.1) is 11.7 Å². The van der Waals surface area contributed by atoms with Gasteiger partial charge in [-0.1, -0.05) is 12.1 Å². The minimum atomic E-state index is -0.173. The van der Waals surface area contributed by atoms with Crippen LogP contribution in [-0.4, -0.2) is 29.7 Å². The van der Waals surface area contributed by atoms with E-state index >= 15 is 0 Å². The summed E-state index contributed by atoms with van der Waals surface area (Å²) in [5, 5.41) is 9.13. The second-order valence-electron chi connectivity index (χ2n) is 4.56. The molecule has 88 valence electrons. The fourth-order valence-corrected chi connectivity index (χ4v) is 2.34. The van der Waals surface area contributed by atoms with Gasteiger partial charge in [0, 0.05) is 19.7 Å². The molecule has 1 N–H and O–H groups in total. The first kappa shape index (κ1) is 11.6. The Bertz CT molecular complexity index is 342. The molecule has 3 heteroatoms. The van der Waals surface area contributed by atoms with E-state index in [1.54, 1.807) is 12.1 Å². The standard InChI is InChI=1S/C13H18FNO/c14-13-5-1-3-11(7-13)8-15-6-2-4-12(9-15)10-16/h1,3,5,7,12,16H,2,4,6,8-10H2/t12-/m1/s1. The van der Waals surface area contributed by atoms with Crippen LogP contribution in [0.3, 0.4) is 0 Å². The van der Waals surface area contributed by atoms with Crippen LogP contribution >= 0.6 is 0 Å². The lowest BCUT2D eigenvalue weighted by molar-refractivity contribution is 0.116. The Balaban J connectivity index is 1.94. The highest BCUT2D eigenvalue weighted by molar-refractivity contribution is 5.16. The molecule has 0 saturated carbocycles. The van der Waals surface area contributed by atoms with Gasteiger partial charge in [-0.2, -0.15) is 0 Å². The topological polar surface area (TPSA) is 23.5 Å². The number of aliphatic hydroxyl groups is 1. The summed E-state index contributed by atoms with van der Waals surface area (Å²) in [7, 11) is 0. The van der Waals surface area contributed by atoms with Crippen molar-refractivity contribution >= 4 is 0 Å². The van der Waals surface area contributed by atoms with Crippen molar-refractivity contribution < 1.29 is 9.50 Å². The Kier molecular flexibility index (Phi) is 3.91. The second kappa shape index (κ2) is 5.41. The molecule has 1 aliphatic rings. The summed E-state index contributed by atoms with van der Waals surface area (Å²) in [5.74, 6) is 0.218. The zero-order valence-corrected chi connectivity index (χ0v) is 9.40. The predicted octanol–water partition coefficient (Wildman–Crippen LogP) is 2.03. The molecule has 1 heterocycles. The number of hydrogen-bond donors (Lipinski definition) is 1. The maximum atomic E-state index is 13.0. The quantitative estimate of drug-likeness (QED) is 0.847. The van der Waals surface area contributed by atoms with Crippen molar-refractivity contribution in [3.05, 3.63) is 35.6 Å². The first-order valence-corrected chi connectivity index (χ1v) is 5.85. The molecule has 0 amide bonds. The van der Waals surface area contributed by atoms with E-state index in [1.807, 2.05) is 6.07 Å². The number of benzene rings is 1. The number of aliphatic hydroxyl groups excluding tert-OH is 1. The molecule has 16 heavy (non-hydrogen) atoms. The van der Waals surface area contributed by atoms with E-state index in [4.69, 9.17) is 5.11 Å². The van der Waals surface area contributed by atoms with Gasteiger partial charge in [-0.25, -0.2) is 4.39 Å². The molecule has 0 unspecified atom stereocenters. The van der Waals surface area contributed by atoms with Gasteiger partial charge in [0.25, 0.3) is 0 Å². The third kappa shape index (κ3) is 3.03. The van der Waals surface area contributed by atoms with Gasteiger partial charge in [-0.3, -0.25) is 4.90 Å². The molecule has 1 fully saturated rings. The molecule has 1 saturated heterocycles. The molecular formula is C13H18FNO. The maximum absolute atomic E-state index is 13.0. The average molecular weight is 223 g/mol. The van der Waals surface area contributed by atoms with Crippen LogP contribution < -0.4 is 0 Å². The van der Waals surface area contributed by atoms with Crippen LogP contribution in [0.2, 0.25) is 0 Å². The van der Waals surface area contributed by atoms with Gasteiger partial charge < -0.3 is 5.11 Å². The smallest absolute Gasteiger partial charge is 0.123 e. The Labute approximate surface area is 95.7 Å². The number of nitrogens with zero attached hydrogens (tertiary/aromatic N) is 1. The molecule has 0 radical (unpaired) electrons. The summed E-state index contributed by atoms with van der Waals surface area (Å²) in [6.07, 6.45) is 2.23. The van der Waals surface area contributed by atoms with E-state index < -0.39 is 0 Å². The fraction of sp³-hybridized carbons (Fsp3) is 0.538. The number of halogens is 1. The summed E-state index contributed by atoms with van der Waals surface area (Å²) in [6, 6.07) is 6.75. The van der Waals surface area contributed by atoms with Crippen LogP contribution in [0.15, 0.2) is 24.3 Å². The highest BCUT2D eigenvalue weighted by Crippen LogP contribution is 2.18. The summed E-state index contributed by atoms with van der Waals surface area (Å²) >= 11 is 0. The third-order valence-corrected chi connectivity index (χ3v) is 3.16. The lowest BCUT2D eigenvalue weighted by atomic mass is 9.98. The molecule has 0 aliphatic carbocycles. The van der Waals surface area contributed by atoms with Crippen LogP contribution in [0.1, 0.15) is 18.4 Å². The Hall–Kier alpha value is -0.930. The molecule has 1 atom stereocenters. The number of piperidine rings is 1. The Morgan fingerprint density at radius 1 is 1.44 bits per heavy atom. The normalized spacial score (nSPS) is 22.2. The molecular weight excluding hydrogens is 205 g/mol. The molecule has 1 aromatic carbocycles. The number of likely N-dealkylation sites (tertiary alicyclic amines) is 1. The minimum Gasteiger partial charge on any atom is -0.396 e. The van der Waals surface area contributed by atoms with Crippen molar-refractivity contribution in [3.63, 3.8) is 0 Å². The monoisotopic (exact) mass is 223 g/mol. The molecule has 2 rings (SSSR count). The SMILES string of the molecule is OC[C@@H]1CCCN(Cc2cccc(F)c2)C1. The first-order valence-electron chi connectivity index (χ1n) is 5.85. The van der Waals surface area contributed by atoms with E-state index in [2.05, 4.69) is 4.90 Å². The summed E-state index contributed by atoms with van der Waals surface area (Å²) in [4.78, 5) is 2.29. The van der Waals surface area contributed by atoms with E-state index in [0.717, 1.165) is 38.0 Å². The van der Waals surface area contributed by atoms with Crippen LogP contribution in [0.5, 0.6) is 0 Å². The second-order valence-corrected chi connectivity index (χ2v) is 4.56. The van der Waals surface area contributed by atoms with Crippen molar-refractivity contribution in [2.75, 3.05) is 19.7 Å². The van der Waals surface area contributed by atoms with E-state index in [9.17, 15) is 4.39 Å². The third-order valence-electron chi connectivity index (χ3n) is 3.16. The van der Waals surface area contributed by atoms with Crippen LogP contribution in [-0.2, 0) is 6.54 Å². The average Bonchev–Trinajstić information content (AvgIpc) is 2.29. The highest BCUT2D eigenvalue weighted by atomic mass is 19.1. The highest BCUT2D eigenvalue weighted by Gasteiger charge is 2.18. The zero-order valence-electron chi connectivity index (χ0n) is 9.40. The first-order chi connectivity index (χ1) is 7.78. The van der Waals surface area contributed by atoms with Gasteiger partial charge in [0.1, 0.15) is 5.82 Å². The van der Waals surface area contributed by atoms with Gasteiger partial charge in [-0.05, 0) is 43.0 Å². The molecule has 0 bridgehead atoms. The van der Waals surface area contributed by atoms with Crippen molar-refractivity contribution in [2.24, 2.45) is 5.92 Å². The van der Waals surface area contributed by atoms with Gasteiger partial charge >= 0.3 is 0 Å². The van der Waals surface area contributed by atoms with Crippen molar-refractivity contribution in [2.45, 2.75) is 19.4 Å². The lowest BCUT2D eigenvalue weighted by Gasteiger charge is -2.31. The fourth-order valence-electron chi connectivity index (χ4n) is 2.34. The zero-order chi connectivity index (χ0) is 11.4. The van der Waals surface area contributed by atoms with Gasteiger partial charge in [-0.15, -0.1) is 0 Å². The molecule has 1 aromatic rings. The molecule has 0 aromatic heterocycles. The van der Waals surface area contributed by atoms with Crippen molar-refractivity contribution in [3.8, 4) is 0 Å². The molecule has 1 aliphatic heterocycles. The Morgan fingerprint density at radius 3 is 3.06 bits per heavy atom. The van der Waals surface area contributed by atoms with E-state index in [-0.39, 0.29) is 12.4 Å². The minimum absolute atomic E-state index is 0.173. The van der Waals surface area contributed by atoms with E-state index in [1.165, 1.54) is 6.07 Å². The van der Waals surface area contributed by atoms with Crippen molar-refractivity contribution in [1.29, 1.82) is 0 Å². The lowest BCUT2D eigenvalue weighted by Crippen LogP contribution is -2.36. The largest absolute Gasteiger partial charge is 0.396 e.